The first-order valence-electron chi connectivity index (χ1n) is 10.1. The van der Waals surface area contributed by atoms with Crippen LogP contribution in [0.5, 0.6) is 0 Å². The molecule has 0 saturated heterocycles. The number of allylic oxidation sites excluding steroid dienone is 4. The molecule has 1 aliphatic rings. The van der Waals surface area contributed by atoms with Crippen LogP contribution in [0.15, 0.2) is 23.8 Å². The van der Waals surface area contributed by atoms with Crippen molar-refractivity contribution in [3.8, 4) is 0 Å². The molecule has 0 aromatic heterocycles. The summed E-state index contributed by atoms with van der Waals surface area (Å²) < 4.78 is 0. The van der Waals surface area contributed by atoms with Gasteiger partial charge in [-0.05, 0) is 18.4 Å². The summed E-state index contributed by atoms with van der Waals surface area (Å²) in [6, 6.07) is 0. The fourth-order valence-corrected chi connectivity index (χ4v) is 3.64. The van der Waals surface area contributed by atoms with Gasteiger partial charge >= 0.3 is 0 Å². The fraction of sp³-hybridized carbons (Fsp3) is 0.727. The molecule has 0 spiro atoms. The number of carbonyl (C=O) groups is 2. The number of carbonyl (C=O) groups excluding carboxylic acids is 2. The van der Waals surface area contributed by atoms with Gasteiger partial charge < -0.3 is 0 Å². The molecule has 2 atom stereocenters. The highest BCUT2D eigenvalue weighted by molar-refractivity contribution is 6.14. The fourth-order valence-electron chi connectivity index (χ4n) is 3.64. The first kappa shape index (κ1) is 20.9. The number of Topliss-reactive ketones (excluding diaryl/α,β-unsaturated/α-hetero) is 1. The summed E-state index contributed by atoms with van der Waals surface area (Å²) in [5.41, 5.74) is 0.337. The lowest BCUT2D eigenvalue weighted by molar-refractivity contribution is -0.121. The molecule has 2 unspecified atom stereocenters. The number of hydrogen-bond acceptors (Lipinski definition) is 2. The van der Waals surface area contributed by atoms with Gasteiger partial charge in [-0.3, -0.25) is 9.59 Å². The first-order valence-corrected chi connectivity index (χ1v) is 10.1. The van der Waals surface area contributed by atoms with Crippen LogP contribution in [0.1, 0.15) is 90.9 Å². The van der Waals surface area contributed by atoms with E-state index < -0.39 is 0 Å². The van der Waals surface area contributed by atoms with Crippen LogP contribution in [0.3, 0.4) is 0 Å². The Morgan fingerprint density at radius 2 is 1.54 bits per heavy atom. The minimum Gasteiger partial charge on any atom is -0.298 e. The molecule has 24 heavy (non-hydrogen) atoms. The van der Waals surface area contributed by atoms with Crippen molar-refractivity contribution in [2.45, 2.75) is 90.9 Å². The number of ketones is 1. The zero-order valence-corrected chi connectivity index (χ0v) is 15.8. The Balaban J connectivity index is 2.14. The summed E-state index contributed by atoms with van der Waals surface area (Å²) in [5, 5.41) is 0. The summed E-state index contributed by atoms with van der Waals surface area (Å²) in [7, 11) is 0. The lowest BCUT2D eigenvalue weighted by Gasteiger charge is -2.24. The highest BCUT2D eigenvalue weighted by Gasteiger charge is 2.28. The maximum absolute atomic E-state index is 12.3. The molecule has 0 saturated carbocycles. The molecule has 0 aromatic carbocycles. The van der Waals surface area contributed by atoms with Crippen LogP contribution in [0.2, 0.25) is 0 Å². The highest BCUT2D eigenvalue weighted by atomic mass is 16.1. The van der Waals surface area contributed by atoms with Gasteiger partial charge in [0.15, 0.2) is 12.1 Å². The number of aldehydes is 1. The third-order valence-corrected chi connectivity index (χ3v) is 5.27. The SMILES string of the molecule is CCCCCCCCCCCCC(CC)C1C=CC=C(C=O)C1=O. The van der Waals surface area contributed by atoms with Gasteiger partial charge in [-0.1, -0.05) is 96.6 Å². The second kappa shape index (κ2) is 13.1. The summed E-state index contributed by atoms with van der Waals surface area (Å²) in [6.45, 7) is 4.41. The largest absolute Gasteiger partial charge is 0.298 e. The van der Waals surface area contributed by atoms with Gasteiger partial charge in [0, 0.05) is 5.92 Å². The zero-order valence-electron chi connectivity index (χ0n) is 15.8. The van der Waals surface area contributed by atoms with Gasteiger partial charge in [0.05, 0.1) is 5.57 Å². The molecule has 2 heteroatoms. The lowest BCUT2D eigenvalue weighted by atomic mass is 9.79. The van der Waals surface area contributed by atoms with Crippen molar-refractivity contribution >= 4 is 12.1 Å². The molecule has 0 bridgehead atoms. The second-order valence-electron chi connectivity index (χ2n) is 7.15. The van der Waals surface area contributed by atoms with E-state index in [0.717, 1.165) is 12.8 Å². The third-order valence-electron chi connectivity index (χ3n) is 5.27. The molecule has 0 aliphatic heterocycles. The Labute approximate surface area is 148 Å². The second-order valence-corrected chi connectivity index (χ2v) is 7.15. The number of hydrogen-bond donors (Lipinski definition) is 0. The van der Waals surface area contributed by atoms with Gasteiger partial charge in [-0.15, -0.1) is 0 Å². The molecule has 136 valence electrons. The zero-order chi connectivity index (χ0) is 17.6. The standard InChI is InChI=1S/C22H36O2/c1-3-5-6-7-8-9-10-11-12-13-15-19(4-2)21-17-14-16-20(18-23)22(21)24/h14,16-19,21H,3-13,15H2,1-2H3. The van der Waals surface area contributed by atoms with Crippen LogP contribution in [0.4, 0.5) is 0 Å². The van der Waals surface area contributed by atoms with E-state index in [1.165, 1.54) is 64.2 Å². The topological polar surface area (TPSA) is 34.1 Å². The monoisotopic (exact) mass is 332 g/mol. The Kier molecular flexibility index (Phi) is 11.4. The predicted octanol–water partition coefficient (Wildman–Crippen LogP) is 6.20. The van der Waals surface area contributed by atoms with Gasteiger partial charge in [0.1, 0.15) is 0 Å². The van der Waals surface area contributed by atoms with E-state index >= 15 is 0 Å². The highest BCUT2D eigenvalue weighted by Crippen LogP contribution is 2.28. The molecule has 2 nitrogen and oxygen atoms in total. The molecule has 0 fully saturated rings. The quantitative estimate of drug-likeness (QED) is 0.215. The minimum absolute atomic E-state index is 0.0198. The molecular formula is C22H36O2. The van der Waals surface area contributed by atoms with Crippen LogP contribution < -0.4 is 0 Å². The van der Waals surface area contributed by atoms with Crippen LogP contribution in [0, 0.1) is 11.8 Å². The van der Waals surface area contributed by atoms with E-state index in [-0.39, 0.29) is 11.7 Å². The van der Waals surface area contributed by atoms with E-state index in [1.807, 2.05) is 12.2 Å². The van der Waals surface area contributed by atoms with Crippen LogP contribution in [-0.2, 0) is 9.59 Å². The molecule has 0 amide bonds. The minimum atomic E-state index is -0.0845. The molecule has 0 heterocycles. The maximum Gasteiger partial charge on any atom is 0.173 e. The van der Waals surface area contributed by atoms with Gasteiger partial charge in [0.25, 0.3) is 0 Å². The molecule has 0 radical (unpaired) electrons. The average molecular weight is 333 g/mol. The van der Waals surface area contributed by atoms with Crippen molar-refractivity contribution in [2.75, 3.05) is 0 Å². The Bertz CT molecular complexity index is 420. The molecular weight excluding hydrogens is 296 g/mol. The van der Waals surface area contributed by atoms with Crippen molar-refractivity contribution in [2.24, 2.45) is 11.8 Å². The van der Waals surface area contributed by atoms with E-state index in [0.29, 0.717) is 17.8 Å². The summed E-state index contributed by atoms with van der Waals surface area (Å²) in [5.74, 6) is 0.316. The van der Waals surface area contributed by atoms with E-state index in [9.17, 15) is 9.59 Å². The Hall–Kier alpha value is -1.18. The van der Waals surface area contributed by atoms with Crippen LogP contribution >= 0.6 is 0 Å². The molecule has 0 N–H and O–H groups in total. The van der Waals surface area contributed by atoms with E-state index in [2.05, 4.69) is 13.8 Å². The van der Waals surface area contributed by atoms with Crippen molar-refractivity contribution in [1.82, 2.24) is 0 Å². The summed E-state index contributed by atoms with van der Waals surface area (Å²) in [4.78, 5) is 23.2. The predicted molar refractivity (Wildman–Crippen MR) is 102 cm³/mol. The van der Waals surface area contributed by atoms with Gasteiger partial charge in [0.2, 0.25) is 0 Å². The Morgan fingerprint density at radius 1 is 0.958 bits per heavy atom. The molecule has 0 aromatic rings. The Morgan fingerprint density at radius 3 is 2.08 bits per heavy atom. The number of rotatable bonds is 14. The van der Waals surface area contributed by atoms with Gasteiger partial charge in [-0.25, -0.2) is 0 Å². The normalized spacial score (nSPS) is 18.5. The van der Waals surface area contributed by atoms with Crippen LogP contribution in [-0.4, -0.2) is 12.1 Å². The van der Waals surface area contributed by atoms with Gasteiger partial charge in [-0.2, -0.15) is 0 Å². The van der Waals surface area contributed by atoms with E-state index in [4.69, 9.17) is 0 Å². The summed E-state index contributed by atoms with van der Waals surface area (Å²) >= 11 is 0. The summed E-state index contributed by atoms with van der Waals surface area (Å²) in [6.07, 6.45) is 21.7. The maximum atomic E-state index is 12.3. The van der Waals surface area contributed by atoms with E-state index in [1.54, 1.807) is 6.08 Å². The molecule has 1 rings (SSSR count). The van der Waals surface area contributed by atoms with Crippen molar-refractivity contribution in [3.63, 3.8) is 0 Å². The lowest BCUT2D eigenvalue weighted by Crippen LogP contribution is -2.25. The van der Waals surface area contributed by atoms with Crippen LogP contribution in [0.25, 0.3) is 0 Å². The van der Waals surface area contributed by atoms with Crippen molar-refractivity contribution in [1.29, 1.82) is 0 Å². The first-order chi connectivity index (χ1) is 11.7. The number of unbranched alkanes of at least 4 members (excludes halogenated alkanes) is 9. The third kappa shape index (κ3) is 7.59. The molecule has 1 aliphatic carbocycles. The van der Waals surface area contributed by atoms with Crippen molar-refractivity contribution < 1.29 is 9.59 Å². The smallest absolute Gasteiger partial charge is 0.173 e. The van der Waals surface area contributed by atoms with Crippen molar-refractivity contribution in [3.05, 3.63) is 23.8 Å². The average Bonchev–Trinajstić information content (AvgIpc) is 2.60.